The van der Waals surface area contributed by atoms with Crippen molar-refractivity contribution in [1.29, 1.82) is 0 Å². The first-order valence-corrected chi connectivity index (χ1v) is 6.97. The normalized spacial score (nSPS) is 8.46. The second kappa shape index (κ2) is 6.25. The van der Waals surface area contributed by atoms with E-state index in [9.17, 15) is 4.79 Å². The maximum absolute atomic E-state index is 10.3. The Bertz CT molecular complexity index is 273. The molecule has 0 atom stereocenters. The van der Waals surface area contributed by atoms with Crippen LogP contribution in [0.1, 0.15) is 10.4 Å². The van der Waals surface area contributed by atoms with E-state index in [-0.39, 0.29) is 11.3 Å². The van der Waals surface area contributed by atoms with Crippen molar-refractivity contribution in [2.24, 2.45) is 0 Å². The number of benzene rings is 1. The number of aromatic hydroxyl groups is 1. The molecule has 0 aromatic heterocycles. The lowest BCUT2D eigenvalue weighted by atomic mass is 10.2. The average Bonchev–Trinajstić information content (AvgIpc) is 2.06. The van der Waals surface area contributed by atoms with Gasteiger partial charge < -0.3 is 10.2 Å². The SMILES string of the molecule is C[SiH2]C.O=C(O)c1ccccc1O. The number of phenols is 1. The molecule has 0 amide bonds. The minimum Gasteiger partial charge on any atom is -0.507 e. The zero-order chi connectivity index (χ0) is 10.3. The molecule has 4 heteroatoms. The molecule has 0 aliphatic carbocycles. The number of hydrogen-bond donors (Lipinski definition) is 2. The summed E-state index contributed by atoms with van der Waals surface area (Å²) in [5.74, 6) is -1.31. The Balaban J connectivity index is 0.000000424. The topological polar surface area (TPSA) is 57.5 Å². The predicted octanol–water partition coefficient (Wildman–Crippen LogP) is 1.34. The van der Waals surface area contributed by atoms with Crippen molar-refractivity contribution in [3.8, 4) is 5.75 Å². The first-order valence-electron chi connectivity index (χ1n) is 4.14. The van der Waals surface area contributed by atoms with Crippen LogP contribution >= 0.6 is 0 Å². The molecule has 1 aromatic rings. The highest BCUT2D eigenvalue weighted by Crippen LogP contribution is 2.14. The Morgan fingerprint density at radius 2 is 1.77 bits per heavy atom. The van der Waals surface area contributed by atoms with Crippen LogP contribution in [0.15, 0.2) is 24.3 Å². The lowest BCUT2D eigenvalue weighted by Crippen LogP contribution is -1.95. The molecule has 2 N–H and O–H groups in total. The van der Waals surface area contributed by atoms with Crippen LogP contribution in [-0.2, 0) is 0 Å². The van der Waals surface area contributed by atoms with Gasteiger partial charge in [-0.15, -0.1) is 0 Å². The molecule has 0 fully saturated rings. The summed E-state index contributed by atoms with van der Waals surface area (Å²) in [6.07, 6.45) is 0. The van der Waals surface area contributed by atoms with E-state index in [0.29, 0.717) is 9.52 Å². The Kier molecular flexibility index (Phi) is 5.63. The number of carboxylic acids is 1. The van der Waals surface area contributed by atoms with Crippen LogP contribution in [0.3, 0.4) is 0 Å². The molecule has 0 saturated heterocycles. The van der Waals surface area contributed by atoms with Crippen molar-refractivity contribution in [3.63, 3.8) is 0 Å². The zero-order valence-electron chi connectivity index (χ0n) is 7.82. The summed E-state index contributed by atoms with van der Waals surface area (Å²) < 4.78 is 0. The van der Waals surface area contributed by atoms with Crippen LogP contribution in [0.5, 0.6) is 5.75 Å². The van der Waals surface area contributed by atoms with Crippen molar-refractivity contribution in [2.75, 3.05) is 0 Å². The Labute approximate surface area is 79.9 Å². The minimum atomic E-state index is -1.11. The van der Waals surface area contributed by atoms with Gasteiger partial charge in [0.05, 0.1) is 0 Å². The lowest BCUT2D eigenvalue weighted by Gasteiger charge is -1.95. The predicted molar refractivity (Wildman–Crippen MR) is 55.3 cm³/mol. The first kappa shape index (κ1) is 11.7. The summed E-state index contributed by atoms with van der Waals surface area (Å²) in [5, 5.41) is 17.3. The highest BCUT2D eigenvalue weighted by atomic mass is 28.2. The molecule has 0 radical (unpaired) electrons. The van der Waals surface area contributed by atoms with E-state index in [4.69, 9.17) is 10.2 Å². The fourth-order valence-corrected chi connectivity index (χ4v) is 0.654. The van der Waals surface area contributed by atoms with Crippen molar-refractivity contribution in [1.82, 2.24) is 0 Å². The van der Waals surface area contributed by atoms with Gasteiger partial charge in [-0.1, -0.05) is 25.2 Å². The molecule has 13 heavy (non-hydrogen) atoms. The number of aromatic carboxylic acids is 1. The van der Waals surface area contributed by atoms with Crippen LogP contribution < -0.4 is 0 Å². The fourth-order valence-electron chi connectivity index (χ4n) is 0.654. The minimum absolute atomic E-state index is 0.0671. The zero-order valence-corrected chi connectivity index (χ0v) is 9.23. The molecule has 0 aliphatic heterocycles. The number of rotatable bonds is 1. The highest BCUT2D eigenvalue weighted by molar-refractivity contribution is 6.31. The van der Waals surface area contributed by atoms with E-state index in [1.54, 1.807) is 12.1 Å². The third-order valence-electron chi connectivity index (χ3n) is 1.13. The summed E-state index contributed by atoms with van der Waals surface area (Å²) in [6.45, 7) is 4.53. The molecule has 0 heterocycles. The molecule has 1 aromatic carbocycles. The number of para-hydroxylation sites is 1. The number of carboxylic acid groups (broad SMARTS) is 1. The second-order valence-electron chi connectivity index (χ2n) is 2.53. The molecule has 1 rings (SSSR count). The summed E-state index contributed by atoms with van der Waals surface area (Å²) in [7, 11) is 0.417. The molecule has 0 spiro atoms. The molecule has 0 bridgehead atoms. The molecular formula is C9H14O3Si. The van der Waals surface area contributed by atoms with Gasteiger partial charge >= 0.3 is 5.97 Å². The van der Waals surface area contributed by atoms with Gasteiger partial charge in [0.15, 0.2) is 0 Å². The van der Waals surface area contributed by atoms with Gasteiger partial charge in [-0.05, 0) is 12.1 Å². The third-order valence-corrected chi connectivity index (χ3v) is 1.13. The quantitative estimate of drug-likeness (QED) is 0.669. The van der Waals surface area contributed by atoms with Crippen molar-refractivity contribution >= 4 is 15.5 Å². The van der Waals surface area contributed by atoms with E-state index < -0.39 is 5.97 Å². The summed E-state index contributed by atoms with van der Waals surface area (Å²) >= 11 is 0. The average molecular weight is 198 g/mol. The van der Waals surface area contributed by atoms with Gasteiger partial charge in [-0.2, -0.15) is 0 Å². The van der Waals surface area contributed by atoms with E-state index >= 15 is 0 Å². The van der Waals surface area contributed by atoms with E-state index in [2.05, 4.69) is 13.1 Å². The first-order chi connectivity index (χ1) is 6.13. The van der Waals surface area contributed by atoms with Crippen LogP contribution in [0, 0.1) is 0 Å². The third kappa shape index (κ3) is 4.32. The maximum atomic E-state index is 10.3. The number of carbonyl (C=O) groups is 1. The molecule has 72 valence electrons. The van der Waals surface area contributed by atoms with E-state index in [1.165, 1.54) is 12.1 Å². The fraction of sp³-hybridized carbons (Fsp3) is 0.222. The highest BCUT2D eigenvalue weighted by Gasteiger charge is 2.05. The van der Waals surface area contributed by atoms with Crippen molar-refractivity contribution in [2.45, 2.75) is 13.1 Å². The van der Waals surface area contributed by atoms with Crippen LogP contribution in [0.2, 0.25) is 13.1 Å². The standard InChI is InChI=1S/C7H6O3.C2H8Si/c8-6-4-2-1-3-5(6)7(9)10;1-3-2/h1-4,8H,(H,9,10);3H2,1-2H3. The molecule has 0 aliphatic rings. The number of hydrogen-bond acceptors (Lipinski definition) is 2. The van der Waals surface area contributed by atoms with Gasteiger partial charge in [0.2, 0.25) is 0 Å². The molecule has 0 unspecified atom stereocenters. The summed E-state index contributed by atoms with van der Waals surface area (Å²) in [4.78, 5) is 10.3. The van der Waals surface area contributed by atoms with E-state index in [0.717, 1.165) is 0 Å². The van der Waals surface area contributed by atoms with Gasteiger partial charge in [-0.25, -0.2) is 4.79 Å². The van der Waals surface area contributed by atoms with Gasteiger partial charge in [0, 0.05) is 9.52 Å². The van der Waals surface area contributed by atoms with Crippen molar-refractivity contribution < 1.29 is 15.0 Å². The second-order valence-corrected chi connectivity index (χ2v) is 3.94. The molecule has 0 saturated carbocycles. The van der Waals surface area contributed by atoms with Gasteiger partial charge in [-0.3, -0.25) is 0 Å². The van der Waals surface area contributed by atoms with Gasteiger partial charge in [0.1, 0.15) is 11.3 Å². The monoisotopic (exact) mass is 198 g/mol. The van der Waals surface area contributed by atoms with Crippen molar-refractivity contribution in [3.05, 3.63) is 29.8 Å². The Hall–Kier alpha value is -1.29. The lowest BCUT2D eigenvalue weighted by molar-refractivity contribution is 0.0694. The molecular weight excluding hydrogens is 184 g/mol. The summed E-state index contributed by atoms with van der Waals surface area (Å²) in [6, 6.07) is 5.81. The van der Waals surface area contributed by atoms with Crippen LogP contribution in [0.4, 0.5) is 0 Å². The van der Waals surface area contributed by atoms with Crippen LogP contribution in [-0.4, -0.2) is 25.7 Å². The Morgan fingerprint density at radius 3 is 2.08 bits per heavy atom. The van der Waals surface area contributed by atoms with E-state index in [1.807, 2.05) is 0 Å². The largest absolute Gasteiger partial charge is 0.507 e. The maximum Gasteiger partial charge on any atom is 0.339 e. The Morgan fingerprint density at radius 1 is 1.31 bits per heavy atom. The van der Waals surface area contributed by atoms with Gasteiger partial charge in [0.25, 0.3) is 0 Å². The van der Waals surface area contributed by atoms with Crippen LogP contribution in [0.25, 0.3) is 0 Å². The smallest absolute Gasteiger partial charge is 0.339 e. The summed E-state index contributed by atoms with van der Waals surface area (Å²) in [5.41, 5.74) is -0.0671. The molecule has 3 nitrogen and oxygen atoms in total.